The van der Waals surface area contributed by atoms with E-state index in [1.54, 1.807) is 12.1 Å². The molecule has 3 atom stereocenters. The highest BCUT2D eigenvalue weighted by molar-refractivity contribution is 5.21. The minimum atomic E-state index is -0.880. The van der Waals surface area contributed by atoms with E-state index < -0.39 is 12.2 Å². The molecule has 0 aromatic heterocycles. The summed E-state index contributed by atoms with van der Waals surface area (Å²) >= 11 is 0. The molecule has 1 aliphatic rings. The van der Waals surface area contributed by atoms with Crippen molar-refractivity contribution in [2.24, 2.45) is 5.92 Å². The van der Waals surface area contributed by atoms with Gasteiger partial charge in [0.1, 0.15) is 18.2 Å². The van der Waals surface area contributed by atoms with Gasteiger partial charge in [0, 0.05) is 32.2 Å². The van der Waals surface area contributed by atoms with Crippen LogP contribution in [0, 0.1) is 11.7 Å². The van der Waals surface area contributed by atoms with Crippen molar-refractivity contribution >= 4 is 0 Å². The Morgan fingerprint density at radius 2 is 1.90 bits per heavy atom. The third-order valence-electron chi connectivity index (χ3n) is 3.54. The van der Waals surface area contributed by atoms with E-state index in [2.05, 4.69) is 0 Å². The van der Waals surface area contributed by atoms with Gasteiger partial charge >= 0.3 is 0 Å². The van der Waals surface area contributed by atoms with E-state index in [-0.39, 0.29) is 18.3 Å². The van der Waals surface area contributed by atoms with E-state index >= 15 is 0 Å². The highest BCUT2D eigenvalue weighted by Gasteiger charge is 2.33. The Labute approximate surface area is 117 Å². The van der Waals surface area contributed by atoms with Crippen molar-refractivity contribution in [2.75, 3.05) is 32.8 Å². The normalized spacial score (nSPS) is 27.5. The highest BCUT2D eigenvalue weighted by Crippen LogP contribution is 2.17. The maximum Gasteiger partial charge on any atom is 0.123 e. The topological polar surface area (TPSA) is 73.2 Å². The molecule has 0 radical (unpaired) electrons. The summed E-state index contributed by atoms with van der Waals surface area (Å²) in [5, 5.41) is 28.6. The lowest BCUT2D eigenvalue weighted by molar-refractivity contribution is -0.0874. The smallest absolute Gasteiger partial charge is 0.123 e. The average molecular weight is 285 g/mol. The number of hydrogen-bond donors (Lipinski definition) is 3. The molecule has 20 heavy (non-hydrogen) atoms. The molecule has 1 heterocycles. The number of β-amino-alcohol motifs (C(OH)–C–C–N with tert-alkyl or cyclic N) is 1. The van der Waals surface area contributed by atoms with Crippen LogP contribution in [0.15, 0.2) is 24.3 Å². The molecule has 1 aromatic rings. The molecular weight excluding hydrogens is 265 g/mol. The minimum Gasteiger partial charge on any atom is -0.492 e. The molecule has 0 unspecified atom stereocenters. The highest BCUT2D eigenvalue weighted by atomic mass is 19.1. The van der Waals surface area contributed by atoms with Crippen LogP contribution >= 0.6 is 0 Å². The first kappa shape index (κ1) is 15.2. The third-order valence-corrected chi connectivity index (χ3v) is 3.54. The van der Waals surface area contributed by atoms with Gasteiger partial charge in [-0.25, -0.2) is 4.39 Å². The quantitative estimate of drug-likeness (QED) is 0.702. The van der Waals surface area contributed by atoms with Crippen molar-refractivity contribution in [3.05, 3.63) is 30.1 Å². The molecule has 2 rings (SSSR count). The van der Waals surface area contributed by atoms with Gasteiger partial charge in [0.05, 0.1) is 12.2 Å². The Balaban J connectivity index is 1.77. The van der Waals surface area contributed by atoms with Gasteiger partial charge in [-0.1, -0.05) is 0 Å². The zero-order valence-corrected chi connectivity index (χ0v) is 11.2. The van der Waals surface area contributed by atoms with Crippen molar-refractivity contribution in [1.29, 1.82) is 0 Å². The molecule has 0 aliphatic carbocycles. The van der Waals surface area contributed by atoms with Crippen LogP contribution in [0.3, 0.4) is 0 Å². The minimum absolute atomic E-state index is 0.159. The van der Waals surface area contributed by atoms with Gasteiger partial charge in [0.2, 0.25) is 0 Å². The van der Waals surface area contributed by atoms with Crippen molar-refractivity contribution in [3.63, 3.8) is 0 Å². The van der Waals surface area contributed by atoms with Gasteiger partial charge in [-0.2, -0.15) is 0 Å². The lowest BCUT2D eigenvalue weighted by Crippen LogP contribution is -2.54. The lowest BCUT2D eigenvalue weighted by Gasteiger charge is -2.38. The van der Waals surface area contributed by atoms with E-state index in [1.807, 2.05) is 4.90 Å². The second-order valence-electron chi connectivity index (χ2n) is 5.06. The molecule has 1 fully saturated rings. The van der Waals surface area contributed by atoms with Crippen LogP contribution < -0.4 is 4.74 Å². The molecule has 0 amide bonds. The van der Waals surface area contributed by atoms with Crippen molar-refractivity contribution in [2.45, 2.75) is 12.2 Å². The molecule has 5 nitrogen and oxygen atoms in total. The zero-order chi connectivity index (χ0) is 14.5. The van der Waals surface area contributed by atoms with E-state index in [0.29, 0.717) is 32.0 Å². The summed E-state index contributed by atoms with van der Waals surface area (Å²) < 4.78 is 18.2. The molecular formula is C14H20FNO4. The number of benzene rings is 1. The predicted molar refractivity (Wildman–Crippen MR) is 70.9 cm³/mol. The van der Waals surface area contributed by atoms with Crippen molar-refractivity contribution < 1.29 is 24.4 Å². The monoisotopic (exact) mass is 285 g/mol. The SMILES string of the molecule is OC[C@@H]1CN(CCOc2ccc(F)cc2)C[C@H](O)[C@H]1O. The molecule has 3 N–H and O–H groups in total. The van der Waals surface area contributed by atoms with Crippen LogP contribution in [-0.4, -0.2) is 65.3 Å². The third kappa shape index (κ3) is 3.89. The van der Waals surface area contributed by atoms with Crippen LogP contribution in [0.5, 0.6) is 5.75 Å². The Hall–Kier alpha value is -1.21. The number of ether oxygens (including phenoxy) is 1. The van der Waals surface area contributed by atoms with Gasteiger partial charge in [-0.15, -0.1) is 0 Å². The Kier molecular flexibility index (Phi) is 5.31. The molecule has 112 valence electrons. The van der Waals surface area contributed by atoms with Crippen molar-refractivity contribution in [3.8, 4) is 5.75 Å². The predicted octanol–water partition coefficient (Wildman–Crippen LogP) is -0.150. The van der Waals surface area contributed by atoms with Gasteiger partial charge in [-0.3, -0.25) is 4.90 Å². The maximum atomic E-state index is 12.7. The fourth-order valence-electron chi connectivity index (χ4n) is 2.37. The first-order chi connectivity index (χ1) is 9.60. The van der Waals surface area contributed by atoms with Crippen LogP contribution in [-0.2, 0) is 0 Å². The second-order valence-corrected chi connectivity index (χ2v) is 5.06. The molecule has 1 aliphatic heterocycles. The number of rotatable bonds is 5. The van der Waals surface area contributed by atoms with Crippen molar-refractivity contribution in [1.82, 2.24) is 4.90 Å². The fourth-order valence-corrected chi connectivity index (χ4v) is 2.37. The Bertz CT molecular complexity index is 414. The van der Waals surface area contributed by atoms with Gasteiger partial charge in [-0.05, 0) is 24.3 Å². The number of piperidine rings is 1. The number of hydrogen-bond acceptors (Lipinski definition) is 5. The van der Waals surface area contributed by atoms with Gasteiger partial charge in [0.15, 0.2) is 0 Å². The summed E-state index contributed by atoms with van der Waals surface area (Å²) in [5.74, 6) is -0.0662. The Morgan fingerprint density at radius 1 is 1.20 bits per heavy atom. The van der Waals surface area contributed by atoms with Crippen LogP contribution in [0.1, 0.15) is 0 Å². The van der Waals surface area contributed by atoms with Crippen LogP contribution in [0.25, 0.3) is 0 Å². The Morgan fingerprint density at radius 3 is 2.55 bits per heavy atom. The van der Waals surface area contributed by atoms with Crippen LogP contribution in [0.4, 0.5) is 4.39 Å². The van der Waals surface area contributed by atoms with Gasteiger partial charge in [0.25, 0.3) is 0 Å². The van der Waals surface area contributed by atoms with E-state index in [9.17, 15) is 14.6 Å². The second kappa shape index (κ2) is 6.99. The number of nitrogens with zero attached hydrogens (tertiary/aromatic N) is 1. The van der Waals surface area contributed by atoms with Gasteiger partial charge < -0.3 is 20.1 Å². The fraction of sp³-hybridized carbons (Fsp3) is 0.571. The van der Waals surface area contributed by atoms with E-state index in [0.717, 1.165) is 0 Å². The summed E-state index contributed by atoms with van der Waals surface area (Å²) in [6.07, 6.45) is -1.74. The largest absolute Gasteiger partial charge is 0.492 e. The summed E-state index contributed by atoms with van der Waals surface area (Å²) in [4.78, 5) is 1.93. The molecule has 0 saturated carbocycles. The summed E-state index contributed by atoms with van der Waals surface area (Å²) in [5.41, 5.74) is 0. The molecule has 1 saturated heterocycles. The lowest BCUT2D eigenvalue weighted by atomic mass is 9.93. The first-order valence-corrected chi connectivity index (χ1v) is 6.68. The molecule has 0 bridgehead atoms. The number of halogens is 1. The van der Waals surface area contributed by atoms with E-state index in [1.165, 1.54) is 12.1 Å². The standard InChI is InChI=1S/C14H20FNO4/c15-11-1-3-12(4-2-11)20-6-5-16-7-10(9-17)14(19)13(18)8-16/h1-4,10,13-14,17-19H,5-9H2/t10-,13-,14-/m0/s1. The molecule has 6 heteroatoms. The number of aliphatic hydroxyl groups excluding tert-OH is 3. The summed E-state index contributed by atoms with van der Waals surface area (Å²) in [6, 6.07) is 5.78. The van der Waals surface area contributed by atoms with Crippen LogP contribution in [0.2, 0.25) is 0 Å². The molecule has 0 spiro atoms. The number of aliphatic hydroxyl groups is 3. The summed E-state index contributed by atoms with van der Waals surface area (Å²) in [7, 11) is 0. The first-order valence-electron chi connectivity index (χ1n) is 6.68. The average Bonchev–Trinajstić information content (AvgIpc) is 2.44. The zero-order valence-electron chi connectivity index (χ0n) is 11.2. The maximum absolute atomic E-state index is 12.7. The van der Waals surface area contributed by atoms with E-state index in [4.69, 9.17) is 9.84 Å². The molecule has 1 aromatic carbocycles. The summed E-state index contributed by atoms with van der Waals surface area (Å²) in [6.45, 7) is 1.67. The number of likely N-dealkylation sites (tertiary alicyclic amines) is 1.